The summed E-state index contributed by atoms with van der Waals surface area (Å²) in [5.41, 5.74) is 4.83. The van der Waals surface area contributed by atoms with Crippen LogP contribution in [0.3, 0.4) is 0 Å². The van der Waals surface area contributed by atoms with Gasteiger partial charge in [0.2, 0.25) is 0 Å². The number of carbonyl (C=O) groups is 1. The second kappa shape index (κ2) is 4.41. The average Bonchev–Trinajstić information content (AvgIpc) is 2.79. The highest BCUT2D eigenvalue weighted by Gasteiger charge is 2.28. The van der Waals surface area contributed by atoms with Crippen molar-refractivity contribution in [1.82, 2.24) is 0 Å². The SMILES string of the molecule is COc1c2c(c(C=O)c3c(C)coc13)[C@H](C)CCC2. The molecule has 1 heterocycles. The van der Waals surface area contributed by atoms with E-state index in [9.17, 15) is 4.79 Å². The molecule has 3 rings (SSSR count). The van der Waals surface area contributed by atoms with Gasteiger partial charge < -0.3 is 9.15 Å². The van der Waals surface area contributed by atoms with Crippen LogP contribution in [0.2, 0.25) is 0 Å². The predicted octanol–water partition coefficient (Wildman–Crippen LogP) is 4.00. The summed E-state index contributed by atoms with van der Waals surface area (Å²) in [5, 5.41) is 0.916. The number of hydrogen-bond donors (Lipinski definition) is 0. The lowest BCUT2D eigenvalue weighted by Gasteiger charge is -2.26. The monoisotopic (exact) mass is 258 g/mol. The molecule has 100 valence electrons. The number of fused-ring (bicyclic) bond motifs is 2. The number of carbonyl (C=O) groups excluding carboxylic acids is 1. The van der Waals surface area contributed by atoms with Gasteiger partial charge in [0, 0.05) is 16.5 Å². The standard InChI is InChI=1S/C16H18O3/c1-9-5-4-6-11-13(9)12(7-17)14-10(2)8-19-16(14)15(11)18-3/h7-9H,4-6H2,1-3H3/t9-/m1/s1. The number of hydrogen-bond acceptors (Lipinski definition) is 3. The minimum absolute atomic E-state index is 0.400. The van der Waals surface area contributed by atoms with Gasteiger partial charge in [-0.3, -0.25) is 4.79 Å². The first-order valence-corrected chi connectivity index (χ1v) is 6.74. The highest BCUT2D eigenvalue weighted by Crippen LogP contribution is 2.45. The molecule has 0 saturated carbocycles. The molecule has 1 aliphatic rings. The van der Waals surface area contributed by atoms with Gasteiger partial charge in [-0.1, -0.05) is 6.92 Å². The molecule has 1 aromatic carbocycles. The first kappa shape index (κ1) is 12.3. The quantitative estimate of drug-likeness (QED) is 0.764. The average molecular weight is 258 g/mol. The number of rotatable bonds is 2. The van der Waals surface area contributed by atoms with Gasteiger partial charge in [-0.25, -0.2) is 0 Å². The van der Waals surface area contributed by atoms with Crippen molar-refractivity contribution in [2.75, 3.05) is 7.11 Å². The van der Waals surface area contributed by atoms with Crippen LogP contribution >= 0.6 is 0 Å². The van der Waals surface area contributed by atoms with Crippen LogP contribution in [0.4, 0.5) is 0 Å². The molecule has 0 bridgehead atoms. The van der Waals surface area contributed by atoms with Crippen molar-refractivity contribution in [2.24, 2.45) is 0 Å². The van der Waals surface area contributed by atoms with Crippen LogP contribution in [0.25, 0.3) is 11.0 Å². The Morgan fingerprint density at radius 1 is 1.47 bits per heavy atom. The third-order valence-electron chi connectivity index (χ3n) is 4.22. The maximum Gasteiger partial charge on any atom is 0.176 e. The molecular weight excluding hydrogens is 240 g/mol. The van der Waals surface area contributed by atoms with Crippen LogP contribution in [0.15, 0.2) is 10.7 Å². The molecule has 0 spiro atoms. The second-order valence-electron chi connectivity index (χ2n) is 5.37. The molecule has 0 aliphatic heterocycles. The van der Waals surface area contributed by atoms with E-state index in [1.54, 1.807) is 13.4 Å². The van der Waals surface area contributed by atoms with Gasteiger partial charge in [0.1, 0.15) is 0 Å². The van der Waals surface area contributed by atoms with Crippen molar-refractivity contribution in [3.8, 4) is 5.75 Å². The third-order valence-corrected chi connectivity index (χ3v) is 4.22. The Bertz CT molecular complexity index is 652. The largest absolute Gasteiger partial charge is 0.493 e. The molecule has 3 nitrogen and oxygen atoms in total. The number of furan rings is 1. The lowest BCUT2D eigenvalue weighted by Crippen LogP contribution is -2.12. The number of methoxy groups -OCH3 is 1. The van der Waals surface area contributed by atoms with E-state index in [0.29, 0.717) is 5.92 Å². The Labute approximate surface area is 112 Å². The number of aryl methyl sites for hydroxylation is 1. The van der Waals surface area contributed by atoms with E-state index in [1.165, 1.54) is 0 Å². The predicted molar refractivity (Wildman–Crippen MR) is 74.2 cm³/mol. The molecule has 0 unspecified atom stereocenters. The van der Waals surface area contributed by atoms with Gasteiger partial charge >= 0.3 is 0 Å². The van der Waals surface area contributed by atoms with Crippen LogP contribution in [-0.4, -0.2) is 13.4 Å². The van der Waals surface area contributed by atoms with E-state index in [-0.39, 0.29) is 0 Å². The van der Waals surface area contributed by atoms with Crippen molar-refractivity contribution in [3.05, 3.63) is 28.5 Å². The highest BCUT2D eigenvalue weighted by atomic mass is 16.5. The molecule has 0 N–H and O–H groups in total. The summed E-state index contributed by atoms with van der Waals surface area (Å²) in [6.45, 7) is 4.16. The molecule has 0 amide bonds. The summed E-state index contributed by atoms with van der Waals surface area (Å²) in [5.74, 6) is 1.21. The second-order valence-corrected chi connectivity index (χ2v) is 5.37. The first-order valence-electron chi connectivity index (χ1n) is 6.74. The van der Waals surface area contributed by atoms with Crippen molar-refractivity contribution >= 4 is 17.3 Å². The van der Waals surface area contributed by atoms with E-state index in [2.05, 4.69) is 6.92 Å². The zero-order chi connectivity index (χ0) is 13.6. The van der Waals surface area contributed by atoms with Crippen LogP contribution in [0.5, 0.6) is 5.75 Å². The summed E-state index contributed by atoms with van der Waals surface area (Å²) in [6.07, 6.45) is 5.90. The van der Waals surface area contributed by atoms with Crippen LogP contribution in [0.1, 0.15) is 52.7 Å². The summed E-state index contributed by atoms with van der Waals surface area (Å²) in [6, 6.07) is 0. The fraction of sp³-hybridized carbons (Fsp3) is 0.438. The molecule has 3 heteroatoms. The summed E-state index contributed by atoms with van der Waals surface area (Å²) >= 11 is 0. The van der Waals surface area contributed by atoms with Crippen LogP contribution in [0, 0.1) is 6.92 Å². The van der Waals surface area contributed by atoms with Gasteiger partial charge in [0.15, 0.2) is 17.6 Å². The van der Waals surface area contributed by atoms with E-state index in [4.69, 9.17) is 9.15 Å². The first-order chi connectivity index (χ1) is 9.19. The zero-order valence-electron chi connectivity index (χ0n) is 11.6. The number of ether oxygens (including phenoxy) is 1. The topological polar surface area (TPSA) is 39.4 Å². The van der Waals surface area contributed by atoms with Crippen molar-refractivity contribution in [1.29, 1.82) is 0 Å². The minimum atomic E-state index is 0.400. The van der Waals surface area contributed by atoms with Gasteiger partial charge in [-0.2, -0.15) is 0 Å². The molecule has 0 radical (unpaired) electrons. The highest BCUT2D eigenvalue weighted by molar-refractivity contribution is 6.03. The lowest BCUT2D eigenvalue weighted by molar-refractivity contribution is 0.112. The van der Waals surface area contributed by atoms with E-state index in [1.807, 2.05) is 6.92 Å². The van der Waals surface area contributed by atoms with Gasteiger partial charge in [-0.05, 0) is 43.2 Å². The van der Waals surface area contributed by atoms with Crippen LogP contribution < -0.4 is 4.74 Å². The molecule has 19 heavy (non-hydrogen) atoms. The Balaban J connectivity index is 2.50. The van der Waals surface area contributed by atoms with Gasteiger partial charge in [0.25, 0.3) is 0 Å². The minimum Gasteiger partial charge on any atom is -0.493 e. The Hall–Kier alpha value is -1.77. The molecule has 0 saturated heterocycles. The van der Waals surface area contributed by atoms with E-state index < -0.39 is 0 Å². The third kappa shape index (κ3) is 1.61. The van der Waals surface area contributed by atoms with Gasteiger partial charge in [-0.15, -0.1) is 0 Å². The molecule has 1 aliphatic carbocycles. The molecule has 2 aromatic rings. The normalized spacial score (nSPS) is 18.4. The Morgan fingerprint density at radius 2 is 2.26 bits per heavy atom. The van der Waals surface area contributed by atoms with Crippen molar-refractivity contribution in [2.45, 2.75) is 39.0 Å². The van der Waals surface area contributed by atoms with E-state index >= 15 is 0 Å². The van der Waals surface area contributed by atoms with Gasteiger partial charge in [0.05, 0.1) is 13.4 Å². The summed E-state index contributed by atoms with van der Waals surface area (Å²) in [7, 11) is 1.67. The van der Waals surface area contributed by atoms with E-state index in [0.717, 1.165) is 64.5 Å². The Kier molecular flexibility index (Phi) is 2.85. The van der Waals surface area contributed by atoms with Crippen LogP contribution in [-0.2, 0) is 6.42 Å². The Morgan fingerprint density at radius 3 is 2.95 bits per heavy atom. The maximum atomic E-state index is 11.6. The fourth-order valence-corrected chi connectivity index (χ4v) is 3.38. The zero-order valence-corrected chi connectivity index (χ0v) is 11.6. The summed E-state index contributed by atoms with van der Waals surface area (Å²) in [4.78, 5) is 11.6. The molecule has 1 aromatic heterocycles. The molecular formula is C16H18O3. The summed E-state index contributed by atoms with van der Waals surface area (Å²) < 4.78 is 11.2. The smallest absolute Gasteiger partial charge is 0.176 e. The number of aldehydes is 1. The van der Waals surface area contributed by atoms with Crippen molar-refractivity contribution in [3.63, 3.8) is 0 Å². The fourth-order valence-electron chi connectivity index (χ4n) is 3.38. The maximum absolute atomic E-state index is 11.6. The number of benzene rings is 1. The van der Waals surface area contributed by atoms with Crippen molar-refractivity contribution < 1.29 is 13.9 Å². The lowest BCUT2D eigenvalue weighted by atomic mass is 9.79. The molecule has 0 fully saturated rings. The molecule has 1 atom stereocenters.